The van der Waals surface area contributed by atoms with Gasteiger partial charge in [0.25, 0.3) is 0 Å². The molecule has 0 N–H and O–H groups in total. The van der Waals surface area contributed by atoms with Crippen LogP contribution in [-0.2, 0) is 85.7 Å². The molecule has 0 saturated heterocycles. The van der Waals surface area contributed by atoms with Crippen molar-refractivity contribution in [2.75, 3.05) is 87.4 Å². The van der Waals surface area contributed by atoms with E-state index in [0.29, 0.717) is 0 Å². The van der Waals surface area contributed by atoms with E-state index >= 15 is 0 Å². The number of ketones is 1. The van der Waals surface area contributed by atoms with Crippen molar-refractivity contribution in [3.63, 3.8) is 0 Å². The maximum Gasteiger partial charge on any atom is 0.344 e. The van der Waals surface area contributed by atoms with E-state index in [2.05, 4.69) is 47.4 Å². The Labute approximate surface area is 228 Å². The molecule has 0 unspecified atom stereocenters. The molecule has 0 fully saturated rings. The highest BCUT2D eigenvalue weighted by atomic mass is 16.6. The number of carbonyl (C=O) groups is 8. The van der Waals surface area contributed by atoms with Crippen molar-refractivity contribution in [1.29, 1.82) is 0 Å². The molecule has 0 heterocycles. The molecular weight excluding hydrogens is 552 g/mol. The third-order valence-corrected chi connectivity index (χ3v) is 3.37. The van der Waals surface area contributed by atoms with E-state index in [4.69, 9.17) is 0 Å². The summed E-state index contributed by atoms with van der Waals surface area (Å²) in [6, 6.07) is 0. The lowest BCUT2D eigenvalue weighted by atomic mass is 10.5. The lowest BCUT2D eigenvalue weighted by molar-refractivity contribution is -0.164. The van der Waals surface area contributed by atoms with Crippen LogP contribution < -0.4 is 0 Å². The average Bonchev–Trinajstić information content (AvgIpc) is 2.92. The van der Waals surface area contributed by atoms with Crippen LogP contribution in [0.4, 0.5) is 0 Å². The van der Waals surface area contributed by atoms with Crippen molar-refractivity contribution in [2.45, 2.75) is 6.92 Å². The SMILES string of the molecule is COC(=O)COC(=O)COCC(=O)OCC(=O)OC.COCCOC(=O)COC(=O)COCC(=O)OCC(C)=O. The molecule has 0 bridgehead atoms. The van der Waals surface area contributed by atoms with Crippen molar-refractivity contribution in [3.05, 3.63) is 0 Å². The second kappa shape index (κ2) is 25.1. The third kappa shape index (κ3) is 26.9. The van der Waals surface area contributed by atoms with E-state index < -0.39 is 88.0 Å². The highest BCUT2D eigenvalue weighted by Gasteiger charge is 2.12. The summed E-state index contributed by atoms with van der Waals surface area (Å²) in [6.45, 7) is -2.51. The van der Waals surface area contributed by atoms with Gasteiger partial charge in [-0.1, -0.05) is 0 Å². The van der Waals surface area contributed by atoms with Crippen molar-refractivity contribution in [2.24, 2.45) is 0 Å². The molecule has 228 valence electrons. The van der Waals surface area contributed by atoms with Gasteiger partial charge in [0.15, 0.2) is 25.6 Å². The topological polar surface area (TPSA) is 229 Å². The molecule has 40 heavy (non-hydrogen) atoms. The Morgan fingerprint density at radius 1 is 0.400 bits per heavy atom. The van der Waals surface area contributed by atoms with Gasteiger partial charge in [-0.3, -0.25) is 4.79 Å². The van der Waals surface area contributed by atoms with Crippen LogP contribution in [0.25, 0.3) is 0 Å². The Bertz CT molecular complexity index is 804. The fourth-order valence-corrected chi connectivity index (χ4v) is 1.60. The minimum absolute atomic E-state index is 0.0609. The number of rotatable bonds is 19. The largest absolute Gasteiger partial charge is 0.466 e. The minimum Gasteiger partial charge on any atom is -0.466 e. The Morgan fingerprint density at radius 3 is 1.05 bits per heavy atom. The van der Waals surface area contributed by atoms with Crippen LogP contribution in [0.1, 0.15) is 6.92 Å². The third-order valence-electron chi connectivity index (χ3n) is 3.37. The van der Waals surface area contributed by atoms with Gasteiger partial charge in [0.05, 0.1) is 20.8 Å². The van der Waals surface area contributed by atoms with Gasteiger partial charge in [0, 0.05) is 7.11 Å². The zero-order valence-corrected chi connectivity index (χ0v) is 22.4. The molecule has 0 saturated carbocycles. The van der Waals surface area contributed by atoms with Crippen LogP contribution in [0.5, 0.6) is 0 Å². The Kier molecular flexibility index (Phi) is 23.9. The molecule has 0 aliphatic heterocycles. The van der Waals surface area contributed by atoms with E-state index in [1.54, 1.807) is 0 Å². The van der Waals surface area contributed by atoms with Crippen LogP contribution in [0.15, 0.2) is 0 Å². The normalized spacial score (nSPS) is 9.60. The van der Waals surface area contributed by atoms with Gasteiger partial charge in [0.1, 0.15) is 39.6 Å². The fraction of sp³-hybridized carbons (Fsp3) is 0.636. The van der Waals surface area contributed by atoms with E-state index in [9.17, 15) is 38.4 Å². The summed E-state index contributed by atoms with van der Waals surface area (Å²) in [4.78, 5) is 86.9. The summed E-state index contributed by atoms with van der Waals surface area (Å²) in [5.41, 5.74) is 0. The van der Waals surface area contributed by atoms with E-state index in [1.165, 1.54) is 14.0 Å². The molecule has 0 atom stereocenters. The summed E-state index contributed by atoms with van der Waals surface area (Å²) in [5.74, 6) is -5.76. The van der Waals surface area contributed by atoms with E-state index in [1.807, 2.05) is 0 Å². The van der Waals surface area contributed by atoms with Crippen LogP contribution in [0.2, 0.25) is 0 Å². The van der Waals surface area contributed by atoms with E-state index in [-0.39, 0.29) is 25.6 Å². The Hall–Kier alpha value is -4.16. The zero-order chi connectivity index (χ0) is 30.8. The molecule has 0 aromatic rings. The number of hydrogen-bond donors (Lipinski definition) is 0. The molecule has 0 aromatic heterocycles. The first-order valence-electron chi connectivity index (χ1n) is 11.0. The summed E-state index contributed by atoms with van der Waals surface area (Å²) in [6.07, 6.45) is 0. The number of methoxy groups -OCH3 is 3. The molecule has 0 rings (SSSR count). The van der Waals surface area contributed by atoms with Gasteiger partial charge < -0.3 is 47.4 Å². The molecule has 0 aliphatic carbocycles. The minimum atomic E-state index is -0.842. The quantitative estimate of drug-likeness (QED) is 0.0854. The van der Waals surface area contributed by atoms with Gasteiger partial charge in [0.2, 0.25) is 0 Å². The predicted molar refractivity (Wildman–Crippen MR) is 123 cm³/mol. The van der Waals surface area contributed by atoms with Crippen LogP contribution in [0, 0.1) is 0 Å². The Morgan fingerprint density at radius 2 is 0.725 bits per heavy atom. The summed E-state index contributed by atoms with van der Waals surface area (Å²) >= 11 is 0. The fourth-order valence-electron chi connectivity index (χ4n) is 1.60. The smallest absolute Gasteiger partial charge is 0.344 e. The molecule has 0 amide bonds. The predicted octanol–water partition coefficient (Wildman–Crippen LogP) is -2.70. The zero-order valence-electron chi connectivity index (χ0n) is 22.4. The molecule has 0 aromatic carbocycles. The summed E-state index contributed by atoms with van der Waals surface area (Å²) < 4.78 is 45.0. The van der Waals surface area contributed by atoms with Crippen LogP contribution in [-0.4, -0.2) is 135 Å². The lowest BCUT2D eigenvalue weighted by Gasteiger charge is -2.06. The Balaban J connectivity index is 0. The van der Waals surface area contributed by atoms with Crippen LogP contribution >= 0.6 is 0 Å². The monoisotopic (exact) mass is 584 g/mol. The maximum atomic E-state index is 11.1. The number of ether oxygens (including phenoxy) is 10. The standard InChI is InChI=1S/C12H18O9.C10H14O9/c1-9(13)5-20-10(14)6-18-7-11(15)21-8-12(16)19-4-3-17-2;1-15-7(11)5-18-9(13)3-17-4-10(14)19-6-8(12)16-2/h3-8H2,1-2H3;3-6H2,1-2H3. The van der Waals surface area contributed by atoms with Gasteiger partial charge in [-0.15, -0.1) is 0 Å². The lowest BCUT2D eigenvalue weighted by Crippen LogP contribution is -2.23. The highest BCUT2D eigenvalue weighted by Crippen LogP contribution is 1.89. The average molecular weight is 584 g/mol. The number of hydrogen-bond acceptors (Lipinski definition) is 18. The molecule has 0 aliphatic rings. The first-order valence-corrected chi connectivity index (χ1v) is 11.0. The van der Waals surface area contributed by atoms with Crippen molar-refractivity contribution >= 4 is 47.6 Å². The number of Topliss-reactive ketones (excluding diaryl/α,β-unsaturated/α-hetero) is 1. The first kappa shape index (κ1) is 38.0. The maximum absolute atomic E-state index is 11.1. The van der Waals surface area contributed by atoms with E-state index in [0.717, 1.165) is 14.2 Å². The summed E-state index contributed by atoms with van der Waals surface area (Å²) in [5, 5.41) is 0. The van der Waals surface area contributed by atoms with Gasteiger partial charge >= 0.3 is 41.8 Å². The second-order valence-electron chi connectivity index (χ2n) is 6.70. The second-order valence-corrected chi connectivity index (χ2v) is 6.70. The summed E-state index contributed by atoms with van der Waals surface area (Å²) in [7, 11) is 3.74. The van der Waals surface area contributed by atoms with Crippen molar-refractivity contribution < 1.29 is 85.7 Å². The molecule has 18 nitrogen and oxygen atoms in total. The van der Waals surface area contributed by atoms with Crippen molar-refractivity contribution in [1.82, 2.24) is 0 Å². The highest BCUT2D eigenvalue weighted by molar-refractivity contribution is 5.81. The number of esters is 7. The molecule has 18 heteroatoms. The molecular formula is C22H32O18. The molecule has 0 spiro atoms. The van der Waals surface area contributed by atoms with Crippen molar-refractivity contribution in [3.8, 4) is 0 Å². The first-order chi connectivity index (χ1) is 18.9. The molecule has 0 radical (unpaired) electrons. The van der Waals surface area contributed by atoms with Crippen LogP contribution in [0.3, 0.4) is 0 Å². The van der Waals surface area contributed by atoms with Gasteiger partial charge in [-0.2, -0.15) is 0 Å². The van der Waals surface area contributed by atoms with Gasteiger partial charge in [-0.25, -0.2) is 33.6 Å². The van der Waals surface area contributed by atoms with Gasteiger partial charge in [-0.05, 0) is 6.92 Å². The number of carbonyl (C=O) groups excluding carboxylic acids is 8.